The third kappa shape index (κ3) is 3.36. The Balaban J connectivity index is 1.32. The molecule has 3 fully saturated rings. The van der Waals surface area contributed by atoms with E-state index in [-0.39, 0.29) is 35.5 Å². The zero-order valence-electron chi connectivity index (χ0n) is 16.4. The molecule has 2 bridgehead atoms. The number of nitrogens with zero attached hydrogens (tertiary/aromatic N) is 1. The number of fused-ring (bicyclic) bond motifs is 5. The molecule has 154 valence electrons. The van der Waals surface area contributed by atoms with Crippen molar-refractivity contribution in [1.29, 1.82) is 0 Å². The van der Waals surface area contributed by atoms with Crippen LogP contribution < -0.4 is 10.1 Å². The van der Waals surface area contributed by atoms with Gasteiger partial charge in [0.15, 0.2) is 6.61 Å². The largest absolute Gasteiger partial charge is 0.497 e. The highest BCUT2D eigenvalue weighted by Gasteiger charge is 2.62. The summed E-state index contributed by atoms with van der Waals surface area (Å²) in [5.41, 5.74) is 0.535. The highest BCUT2D eigenvalue weighted by Crippen LogP contribution is 2.56. The van der Waals surface area contributed by atoms with Crippen molar-refractivity contribution in [2.75, 3.05) is 19.0 Å². The maximum atomic E-state index is 12.8. The van der Waals surface area contributed by atoms with E-state index in [9.17, 15) is 19.2 Å². The van der Waals surface area contributed by atoms with Crippen molar-refractivity contribution in [3.63, 3.8) is 0 Å². The van der Waals surface area contributed by atoms with Crippen LogP contribution >= 0.6 is 0 Å². The lowest BCUT2D eigenvalue weighted by Gasteiger charge is -2.23. The number of nitrogens with one attached hydrogen (secondary N) is 1. The van der Waals surface area contributed by atoms with Gasteiger partial charge in [-0.2, -0.15) is 0 Å². The molecule has 0 aromatic heterocycles. The second kappa shape index (κ2) is 7.50. The summed E-state index contributed by atoms with van der Waals surface area (Å²) >= 11 is 0. The summed E-state index contributed by atoms with van der Waals surface area (Å²) in [5.74, 6) is -1.20. The number of benzene rings is 1. The van der Waals surface area contributed by atoms with Gasteiger partial charge in [-0.1, -0.05) is 0 Å². The Kier molecular flexibility index (Phi) is 5.02. The Hall–Kier alpha value is -2.90. The zero-order valence-corrected chi connectivity index (χ0v) is 16.4. The molecule has 8 heteroatoms. The first-order valence-corrected chi connectivity index (χ1v) is 9.88. The van der Waals surface area contributed by atoms with Crippen LogP contribution in [0.3, 0.4) is 0 Å². The summed E-state index contributed by atoms with van der Waals surface area (Å²) in [6, 6.07) is 5.68. The number of amides is 3. The molecule has 8 nitrogen and oxygen atoms in total. The third-order valence-electron chi connectivity index (χ3n) is 6.41. The molecule has 3 amide bonds. The standard InChI is InChI=1S/C21H24N2O6/c1-11(23-19(25)17-12-3-4-13(9-12)18(17)20(23)26)21(27)29-10-16(24)22-14-5-7-15(28-2)8-6-14/h5-8,11-13,17-18H,3-4,9-10H2,1-2H3,(H,22,24)/t11-,12-,13-,17+,18+/m0/s1. The summed E-state index contributed by atoms with van der Waals surface area (Å²) < 4.78 is 10.1. The number of anilines is 1. The second-order valence-corrected chi connectivity index (χ2v) is 7.99. The fourth-order valence-electron chi connectivity index (χ4n) is 5.05. The molecule has 29 heavy (non-hydrogen) atoms. The number of carbonyl (C=O) groups excluding carboxylic acids is 4. The Morgan fingerprint density at radius 2 is 1.69 bits per heavy atom. The normalized spacial score (nSPS) is 28.3. The third-order valence-corrected chi connectivity index (χ3v) is 6.41. The lowest BCUT2D eigenvalue weighted by Crippen LogP contribution is -2.45. The van der Waals surface area contributed by atoms with Crippen LogP contribution in [0.15, 0.2) is 24.3 Å². The van der Waals surface area contributed by atoms with Crippen LogP contribution in [0.2, 0.25) is 0 Å². The van der Waals surface area contributed by atoms with Gasteiger partial charge in [0, 0.05) is 5.69 Å². The summed E-state index contributed by atoms with van der Waals surface area (Å²) in [5, 5.41) is 2.61. The van der Waals surface area contributed by atoms with E-state index in [0.717, 1.165) is 24.2 Å². The number of likely N-dealkylation sites (tertiary alicyclic amines) is 1. The molecule has 0 unspecified atom stereocenters. The van der Waals surface area contributed by atoms with Gasteiger partial charge in [0.05, 0.1) is 18.9 Å². The van der Waals surface area contributed by atoms with Gasteiger partial charge in [-0.25, -0.2) is 4.79 Å². The number of methoxy groups -OCH3 is 1. The van der Waals surface area contributed by atoms with E-state index < -0.39 is 24.5 Å². The monoisotopic (exact) mass is 400 g/mol. The van der Waals surface area contributed by atoms with Gasteiger partial charge in [-0.3, -0.25) is 19.3 Å². The van der Waals surface area contributed by atoms with Crippen LogP contribution in [0.25, 0.3) is 0 Å². The first kappa shape index (κ1) is 19.4. The van der Waals surface area contributed by atoms with Gasteiger partial charge in [0.1, 0.15) is 11.8 Å². The van der Waals surface area contributed by atoms with Gasteiger partial charge < -0.3 is 14.8 Å². The van der Waals surface area contributed by atoms with E-state index in [4.69, 9.17) is 9.47 Å². The van der Waals surface area contributed by atoms with Crippen LogP contribution in [0.5, 0.6) is 5.75 Å². The first-order valence-electron chi connectivity index (χ1n) is 9.88. The van der Waals surface area contributed by atoms with Crippen molar-refractivity contribution in [3.8, 4) is 5.75 Å². The molecule has 0 spiro atoms. The Morgan fingerprint density at radius 3 is 2.24 bits per heavy atom. The fraction of sp³-hybridized carbons (Fsp3) is 0.524. The molecule has 1 aliphatic heterocycles. The number of esters is 1. The zero-order chi connectivity index (χ0) is 20.7. The average molecular weight is 400 g/mol. The van der Waals surface area contributed by atoms with E-state index in [1.165, 1.54) is 6.92 Å². The van der Waals surface area contributed by atoms with Crippen molar-refractivity contribution in [2.45, 2.75) is 32.2 Å². The van der Waals surface area contributed by atoms with E-state index in [1.54, 1.807) is 31.4 Å². The number of hydrogen-bond acceptors (Lipinski definition) is 6. The average Bonchev–Trinajstić information content (AvgIpc) is 3.40. The minimum Gasteiger partial charge on any atom is -0.497 e. The second-order valence-electron chi connectivity index (χ2n) is 7.99. The molecule has 1 saturated heterocycles. The van der Waals surface area contributed by atoms with Crippen molar-refractivity contribution in [1.82, 2.24) is 4.90 Å². The van der Waals surface area contributed by atoms with Crippen molar-refractivity contribution >= 4 is 29.4 Å². The Bertz CT molecular complexity index is 823. The highest BCUT2D eigenvalue weighted by atomic mass is 16.5. The lowest BCUT2D eigenvalue weighted by atomic mass is 9.81. The summed E-state index contributed by atoms with van der Waals surface area (Å²) in [6.07, 6.45) is 2.89. The SMILES string of the molecule is COc1ccc(NC(=O)COC(=O)[C@H](C)N2C(=O)[C@@H]3[C@H]4CC[C@@H](C4)[C@H]3C2=O)cc1. The minimum absolute atomic E-state index is 0.255. The van der Waals surface area contributed by atoms with Gasteiger partial charge >= 0.3 is 5.97 Å². The van der Waals surface area contributed by atoms with Crippen LogP contribution in [-0.2, 0) is 23.9 Å². The number of ether oxygens (including phenoxy) is 2. The maximum absolute atomic E-state index is 12.8. The van der Waals surface area contributed by atoms with Gasteiger partial charge in [0.2, 0.25) is 11.8 Å². The molecule has 1 aromatic rings. The van der Waals surface area contributed by atoms with Crippen molar-refractivity contribution in [2.24, 2.45) is 23.7 Å². The molecule has 2 aliphatic carbocycles. The molecular formula is C21H24N2O6. The fourth-order valence-corrected chi connectivity index (χ4v) is 5.05. The Labute approximate surface area is 168 Å². The van der Waals surface area contributed by atoms with Crippen LogP contribution in [0, 0.1) is 23.7 Å². The summed E-state index contributed by atoms with van der Waals surface area (Å²) in [4.78, 5) is 51.0. The van der Waals surface area contributed by atoms with Gasteiger partial charge in [0.25, 0.3) is 5.91 Å². The van der Waals surface area contributed by atoms with E-state index in [1.807, 2.05) is 0 Å². The minimum atomic E-state index is -1.03. The molecular weight excluding hydrogens is 376 g/mol. The van der Waals surface area contributed by atoms with E-state index >= 15 is 0 Å². The number of hydrogen-bond donors (Lipinski definition) is 1. The molecule has 2 saturated carbocycles. The number of imide groups is 1. The maximum Gasteiger partial charge on any atom is 0.329 e. The Morgan fingerprint density at radius 1 is 1.10 bits per heavy atom. The molecule has 1 N–H and O–H groups in total. The molecule has 0 radical (unpaired) electrons. The predicted molar refractivity (Wildman–Crippen MR) is 102 cm³/mol. The molecule has 3 aliphatic rings. The number of rotatable bonds is 6. The molecule has 4 rings (SSSR count). The van der Waals surface area contributed by atoms with Crippen LogP contribution in [0.1, 0.15) is 26.2 Å². The number of carbonyl (C=O) groups is 4. The van der Waals surface area contributed by atoms with E-state index in [0.29, 0.717) is 11.4 Å². The molecule has 1 aromatic carbocycles. The topological polar surface area (TPSA) is 102 Å². The van der Waals surface area contributed by atoms with Crippen molar-refractivity contribution in [3.05, 3.63) is 24.3 Å². The van der Waals surface area contributed by atoms with Crippen LogP contribution in [-0.4, -0.2) is 48.3 Å². The highest BCUT2D eigenvalue weighted by molar-refractivity contribution is 6.08. The van der Waals surface area contributed by atoms with Gasteiger partial charge in [-0.05, 0) is 62.3 Å². The molecule has 1 heterocycles. The summed E-state index contributed by atoms with van der Waals surface area (Å²) in [7, 11) is 1.54. The molecule has 5 atom stereocenters. The van der Waals surface area contributed by atoms with Gasteiger partial charge in [-0.15, -0.1) is 0 Å². The summed E-state index contributed by atoms with van der Waals surface area (Å²) in [6.45, 7) is 0.978. The lowest BCUT2D eigenvalue weighted by molar-refractivity contribution is -0.159. The van der Waals surface area contributed by atoms with Crippen LogP contribution in [0.4, 0.5) is 5.69 Å². The quantitative estimate of drug-likeness (QED) is 0.575. The van der Waals surface area contributed by atoms with E-state index in [2.05, 4.69) is 5.32 Å². The first-order chi connectivity index (χ1) is 13.9. The van der Waals surface area contributed by atoms with Crippen molar-refractivity contribution < 1.29 is 28.7 Å². The predicted octanol–water partition coefficient (Wildman–Crippen LogP) is 1.60. The smallest absolute Gasteiger partial charge is 0.329 e.